The van der Waals surface area contributed by atoms with Gasteiger partial charge in [0.15, 0.2) is 0 Å². The SMILES string of the molecule is CC(O)CCN(C)C(=O)Cn1cnc(N)n1. The molecule has 1 aromatic heterocycles. The van der Waals surface area contributed by atoms with Crippen LogP contribution < -0.4 is 5.73 Å². The van der Waals surface area contributed by atoms with Crippen LogP contribution in [-0.4, -0.2) is 50.4 Å². The Morgan fingerprint density at radius 2 is 2.44 bits per heavy atom. The summed E-state index contributed by atoms with van der Waals surface area (Å²) in [5, 5.41) is 12.9. The fraction of sp³-hybridized carbons (Fsp3) is 0.667. The monoisotopic (exact) mass is 227 g/mol. The second kappa shape index (κ2) is 5.45. The summed E-state index contributed by atoms with van der Waals surface area (Å²) in [4.78, 5) is 16.9. The Hall–Kier alpha value is -1.63. The zero-order valence-corrected chi connectivity index (χ0v) is 9.50. The Morgan fingerprint density at radius 1 is 1.75 bits per heavy atom. The minimum absolute atomic E-state index is 0.0921. The molecule has 0 aliphatic carbocycles. The molecule has 0 aliphatic rings. The first-order valence-electron chi connectivity index (χ1n) is 5.06. The summed E-state index contributed by atoms with van der Waals surface area (Å²) < 4.78 is 1.39. The van der Waals surface area contributed by atoms with Crippen LogP contribution in [0.5, 0.6) is 0 Å². The van der Waals surface area contributed by atoms with E-state index in [1.54, 1.807) is 18.9 Å². The van der Waals surface area contributed by atoms with Gasteiger partial charge in [0, 0.05) is 13.6 Å². The lowest BCUT2D eigenvalue weighted by molar-refractivity contribution is -0.130. The topological polar surface area (TPSA) is 97.3 Å². The molecule has 7 heteroatoms. The number of anilines is 1. The van der Waals surface area contributed by atoms with E-state index < -0.39 is 6.10 Å². The van der Waals surface area contributed by atoms with Gasteiger partial charge in [-0.1, -0.05) is 0 Å². The molecule has 0 saturated heterocycles. The van der Waals surface area contributed by atoms with Crippen molar-refractivity contribution in [3.63, 3.8) is 0 Å². The third-order valence-corrected chi connectivity index (χ3v) is 2.16. The Bertz CT molecular complexity index is 349. The third-order valence-electron chi connectivity index (χ3n) is 2.16. The van der Waals surface area contributed by atoms with E-state index in [1.807, 2.05) is 0 Å². The largest absolute Gasteiger partial charge is 0.393 e. The van der Waals surface area contributed by atoms with Gasteiger partial charge in [0.1, 0.15) is 12.9 Å². The minimum Gasteiger partial charge on any atom is -0.393 e. The Balaban J connectivity index is 2.39. The van der Waals surface area contributed by atoms with E-state index in [9.17, 15) is 4.79 Å². The van der Waals surface area contributed by atoms with Crippen LogP contribution in [0.25, 0.3) is 0 Å². The molecule has 7 nitrogen and oxygen atoms in total. The number of nitrogen functional groups attached to an aromatic ring is 1. The average Bonchev–Trinajstić information content (AvgIpc) is 2.60. The summed E-state index contributed by atoms with van der Waals surface area (Å²) in [6, 6.07) is 0. The Labute approximate surface area is 93.9 Å². The fourth-order valence-electron chi connectivity index (χ4n) is 1.15. The molecule has 1 atom stereocenters. The van der Waals surface area contributed by atoms with Gasteiger partial charge < -0.3 is 15.7 Å². The molecule has 0 bridgehead atoms. The van der Waals surface area contributed by atoms with E-state index in [-0.39, 0.29) is 18.4 Å². The molecular formula is C9H17N5O2. The molecule has 0 fully saturated rings. The van der Waals surface area contributed by atoms with Crippen LogP contribution in [0.2, 0.25) is 0 Å². The van der Waals surface area contributed by atoms with Crippen molar-refractivity contribution < 1.29 is 9.90 Å². The lowest BCUT2D eigenvalue weighted by Crippen LogP contribution is -2.32. The molecule has 1 rings (SSSR count). The van der Waals surface area contributed by atoms with Crippen LogP contribution in [0.3, 0.4) is 0 Å². The normalized spacial score (nSPS) is 12.4. The molecule has 16 heavy (non-hydrogen) atoms. The Kier molecular flexibility index (Phi) is 4.24. The number of aromatic nitrogens is 3. The van der Waals surface area contributed by atoms with Crippen LogP contribution >= 0.6 is 0 Å². The van der Waals surface area contributed by atoms with E-state index >= 15 is 0 Å². The highest BCUT2D eigenvalue weighted by Crippen LogP contribution is 1.96. The van der Waals surface area contributed by atoms with Crippen molar-refractivity contribution in [2.75, 3.05) is 19.3 Å². The number of carbonyl (C=O) groups is 1. The van der Waals surface area contributed by atoms with Crippen molar-refractivity contribution in [2.45, 2.75) is 26.0 Å². The maximum absolute atomic E-state index is 11.6. The number of likely N-dealkylation sites (N-methyl/N-ethyl adjacent to an activating group) is 1. The number of hydrogen-bond acceptors (Lipinski definition) is 5. The maximum Gasteiger partial charge on any atom is 0.244 e. The number of hydrogen-bond donors (Lipinski definition) is 2. The van der Waals surface area contributed by atoms with Crippen LogP contribution in [0.15, 0.2) is 6.33 Å². The lowest BCUT2D eigenvalue weighted by Gasteiger charge is -2.17. The van der Waals surface area contributed by atoms with Gasteiger partial charge in [0.2, 0.25) is 11.9 Å². The highest BCUT2D eigenvalue weighted by atomic mass is 16.3. The number of amides is 1. The number of aliphatic hydroxyl groups excluding tert-OH is 1. The van der Waals surface area contributed by atoms with Crippen molar-refractivity contribution in [2.24, 2.45) is 0 Å². The van der Waals surface area contributed by atoms with Gasteiger partial charge >= 0.3 is 0 Å². The molecule has 0 saturated carbocycles. The van der Waals surface area contributed by atoms with Crippen molar-refractivity contribution in [3.05, 3.63) is 6.33 Å². The smallest absolute Gasteiger partial charge is 0.244 e. The molecule has 0 aromatic carbocycles. The van der Waals surface area contributed by atoms with Crippen LogP contribution in [0.1, 0.15) is 13.3 Å². The molecule has 0 aliphatic heterocycles. The molecular weight excluding hydrogens is 210 g/mol. The highest BCUT2D eigenvalue weighted by molar-refractivity contribution is 5.75. The van der Waals surface area contributed by atoms with E-state index in [2.05, 4.69) is 10.1 Å². The van der Waals surface area contributed by atoms with E-state index in [0.717, 1.165) is 0 Å². The first-order valence-corrected chi connectivity index (χ1v) is 5.06. The van der Waals surface area contributed by atoms with E-state index in [4.69, 9.17) is 10.8 Å². The van der Waals surface area contributed by atoms with Gasteiger partial charge in [-0.05, 0) is 13.3 Å². The molecule has 1 aromatic rings. The summed E-state index contributed by atoms with van der Waals surface area (Å²) >= 11 is 0. The molecule has 1 heterocycles. The van der Waals surface area contributed by atoms with Crippen molar-refractivity contribution >= 4 is 11.9 Å². The third kappa shape index (κ3) is 3.85. The van der Waals surface area contributed by atoms with Gasteiger partial charge in [-0.15, -0.1) is 5.10 Å². The number of nitrogens with zero attached hydrogens (tertiary/aromatic N) is 4. The number of carbonyl (C=O) groups excluding carboxylic acids is 1. The summed E-state index contributed by atoms with van der Waals surface area (Å²) in [6.07, 6.45) is 1.56. The quantitative estimate of drug-likeness (QED) is 0.678. The lowest BCUT2D eigenvalue weighted by atomic mass is 10.3. The predicted octanol–water partition coefficient (Wildman–Crippen LogP) is -0.910. The summed E-state index contributed by atoms with van der Waals surface area (Å²) in [6.45, 7) is 2.32. The van der Waals surface area contributed by atoms with Crippen molar-refractivity contribution in [3.8, 4) is 0 Å². The summed E-state index contributed by atoms with van der Waals surface area (Å²) in [7, 11) is 1.69. The second-order valence-corrected chi connectivity index (χ2v) is 3.75. The maximum atomic E-state index is 11.6. The average molecular weight is 227 g/mol. The predicted molar refractivity (Wildman–Crippen MR) is 58.4 cm³/mol. The standard InChI is InChI=1S/C9H17N5O2/c1-7(15)3-4-13(2)8(16)5-14-6-11-9(10)12-14/h6-7,15H,3-5H2,1-2H3,(H2,10,12). The first-order chi connectivity index (χ1) is 7.49. The van der Waals surface area contributed by atoms with Crippen LogP contribution in [0, 0.1) is 0 Å². The second-order valence-electron chi connectivity index (χ2n) is 3.75. The van der Waals surface area contributed by atoms with Crippen molar-refractivity contribution in [1.29, 1.82) is 0 Å². The number of rotatable bonds is 5. The highest BCUT2D eigenvalue weighted by Gasteiger charge is 2.11. The van der Waals surface area contributed by atoms with E-state index in [1.165, 1.54) is 11.0 Å². The first kappa shape index (κ1) is 12.4. The number of nitrogens with two attached hydrogens (primary N) is 1. The van der Waals surface area contributed by atoms with E-state index in [0.29, 0.717) is 13.0 Å². The van der Waals surface area contributed by atoms with Crippen molar-refractivity contribution in [1.82, 2.24) is 19.7 Å². The molecule has 90 valence electrons. The summed E-state index contributed by atoms with van der Waals surface area (Å²) in [5.41, 5.74) is 5.33. The molecule has 1 unspecified atom stereocenters. The number of aliphatic hydroxyl groups is 1. The van der Waals surface area contributed by atoms with Gasteiger partial charge in [0.05, 0.1) is 6.10 Å². The Morgan fingerprint density at radius 3 is 2.94 bits per heavy atom. The zero-order chi connectivity index (χ0) is 12.1. The van der Waals surface area contributed by atoms with Crippen LogP contribution in [0.4, 0.5) is 5.95 Å². The zero-order valence-electron chi connectivity index (χ0n) is 9.50. The molecule has 1 amide bonds. The molecule has 0 spiro atoms. The fourth-order valence-corrected chi connectivity index (χ4v) is 1.15. The van der Waals surface area contributed by atoms with Gasteiger partial charge in [0.25, 0.3) is 0 Å². The van der Waals surface area contributed by atoms with Gasteiger partial charge in [-0.25, -0.2) is 9.67 Å². The molecule has 3 N–H and O–H groups in total. The molecule has 0 radical (unpaired) electrons. The minimum atomic E-state index is -0.405. The summed E-state index contributed by atoms with van der Waals surface area (Å²) in [5.74, 6) is 0.0602. The van der Waals surface area contributed by atoms with Gasteiger partial charge in [-0.3, -0.25) is 4.79 Å². The van der Waals surface area contributed by atoms with Crippen LogP contribution in [-0.2, 0) is 11.3 Å². The van der Waals surface area contributed by atoms with Gasteiger partial charge in [-0.2, -0.15) is 0 Å².